The molecule has 2 aromatic heterocycles. The molecule has 0 radical (unpaired) electrons. The number of nitrogens with one attached hydrogen (secondary N) is 2. The lowest BCUT2D eigenvalue weighted by atomic mass is 9.96. The first-order chi connectivity index (χ1) is 20.9. The molecule has 1 atom stereocenters. The first-order valence-corrected chi connectivity index (χ1v) is 14.3. The van der Waals surface area contributed by atoms with Crippen LogP contribution < -0.4 is 15.5 Å². The monoisotopic (exact) mass is 602 g/mol. The van der Waals surface area contributed by atoms with E-state index < -0.39 is 23.9 Å². The smallest absolute Gasteiger partial charge is 0.407 e. The molecule has 2 amide bonds. The Morgan fingerprint density at radius 3 is 2.50 bits per heavy atom. The summed E-state index contributed by atoms with van der Waals surface area (Å²) >= 11 is 0. The Hall–Kier alpha value is -5.07. The Bertz CT molecular complexity index is 1680. The Balaban J connectivity index is 1.28. The van der Waals surface area contributed by atoms with E-state index in [1.54, 1.807) is 19.1 Å². The van der Waals surface area contributed by atoms with Crippen LogP contribution in [0.5, 0.6) is 0 Å². The summed E-state index contributed by atoms with van der Waals surface area (Å²) in [5.41, 5.74) is 3.42. The summed E-state index contributed by atoms with van der Waals surface area (Å²) in [4.78, 5) is 40.3. The van der Waals surface area contributed by atoms with E-state index in [1.807, 2.05) is 52.0 Å². The van der Waals surface area contributed by atoms with Gasteiger partial charge in [0.05, 0.1) is 11.7 Å². The van der Waals surface area contributed by atoms with Gasteiger partial charge in [0.15, 0.2) is 5.82 Å². The van der Waals surface area contributed by atoms with Crippen LogP contribution in [0.2, 0.25) is 0 Å². The van der Waals surface area contributed by atoms with E-state index in [2.05, 4.69) is 35.6 Å². The van der Waals surface area contributed by atoms with Crippen molar-refractivity contribution < 1.29 is 23.6 Å². The Labute approximate surface area is 254 Å². The number of nitrogens with zero attached hydrogens (tertiary/aromatic N) is 6. The summed E-state index contributed by atoms with van der Waals surface area (Å²) in [5, 5.41) is 19.2. The van der Waals surface area contributed by atoms with Crippen LogP contribution >= 0.6 is 0 Å². The lowest BCUT2D eigenvalue weighted by Gasteiger charge is -2.34. The predicted molar refractivity (Wildman–Crippen MR) is 163 cm³/mol. The van der Waals surface area contributed by atoms with E-state index >= 15 is 4.39 Å². The summed E-state index contributed by atoms with van der Waals surface area (Å²) in [6.07, 6.45) is 0.464. The van der Waals surface area contributed by atoms with Crippen molar-refractivity contribution in [2.24, 2.45) is 0 Å². The van der Waals surface area contributed by atoms with Gasteiger partial charge in [0.1, 0.15) is 18.0 Å². The third kappa shape index (κ3) is 6.77. The molecule has 4 aromatic rings. The van der Waals surface area contributed by atoms with E-state index in [1.165, 1.54) is 17.3 Å². The molecule has 5 rings (SSSR count). The molecule has 230 valence electrons. The number of rotatable bonds is 7. The van der Waals surface area contributed by atoms with Crippen molar-refractivity contribution in [1.82, 2.24) is 30.3 Å². The minimum Gasteiger partial charge on any atom is -0.465 e. The maximum absolute atomic E-state index is 15.5. The second-order valence-corrected chi connectivity index (χ2v) is 11.8. The van der Waals surface area contributed by atoms with Gasteiger partial charge in [-0.15, -0.1) is 0 Å². The maximum Gasteiger partial charge on any atom is 0.407 e. The molecule has 0 aliphatic carbocycles. The molecule has 13 heteroatoms. The fourth-order valence-electron chi connectivity index (χ4n) is 4.97. The van der Waals surface area contributed by atoms with Crippen LogP contribution in [-0.2, 0) is 5.41 Å². The van der Waals surface area contributed by atoms with E-state index in [-0.39, 0.29) is 11.3 Å². The summed E-state index contributed by atoms with van der Waals surface area (Å²) in [6, 6.07) is 12.0. The number of anilines is 3. The molecule has 1 unspecified atom stereocenters. The first kappa shape index (κ1) is 30.4. The van der Waals surface area contributed by atoms with Gasteiger partial charge in [-0.25, -0.2) is 19.2 Å². The molecule has 1 saturated heterocycles. The highest BCUT2D eigenvalue weighted by Gasteiger charge is 2.25. The number of carboxylic acid groups (broad SMARTS) is 1. The highest BCUT2D eigenvalue weighted by Crippen LogP contribution is 2.30. The second kappa shape index (κ2) is 12.3. The van der Waals surface area contributed by atoms with E-state index in [0.717, 1.165) is 16.9 Å². The summed E-state index contributed by atoms with van der Waals surface area (Å²) < 4.78 is 20.6. The second-order valence-electron chi connectivity index (χ2n) is 11.8. The van der Waals surface area contributed by atoms with Crippen molar-refractivity contribution in [2.45, 2.75) is 46.1 Å². The topological polar surface area (TPSA) is 150 Å². The number of benzene rings is 2. The van der Waals surface area contributed by atoms with E-state index in [9.17, 15) is 14.7 Å². The Morgan fingerprint density at radius 2 is 1.82 bits per heavy atom. The predicted octanol–water partition coefficient (Wildman–Crippen LogP) is 5.31. The largest absolute Gasteiger partial charge is 0.465 e. The highest BCUT2D eigenvalue weighted by molar-refractivity contribution is 5.89. The molecular formula is C31H35FN8O4. The standard InChI is InChI=1S/C31H35FN8O4/c1-18-13-23(24(32)15-22(18)19(2)35-27(41)28-37-29(38-44-28)31(3,4)5)25-16-26(34-17-33-25)36-20-7-6-8-21(14-20)39-9-11-40(12-10-39)30(42)43/h6-8,13-17,19H,9-12H2,1-5H3,(H,35,41)(H,42,43)(H,33,34,36). The van der Waals surface area contributed by atoms with Crippen molar-refractivity contribution in [3.05, 3.63) is 77.5 Å². The fourth-order valence-corrected chi connectivity index (χ4v) is 4.97. The molecule has 3 N–H and O–H groups in total. The van der Waals surface area contributed by atoms with E-state index in [0.29, 0.717) is 54.6 Å². The summed E-state index contributed by atoms with van der Waals surface area (Å²) in [6.45, 7) is 11.4. The van der Waals surface area contributed by atoms with E-state index in [4.69, 9.17) is 4.52 Å². The molecule has 1 fully saturated rings. The van der Waals surface area contributed by atoms with Gasteiger partial charge in [0.2, 0.25) is 0 Å². The number of amides is 2. The molecule has 12 nitrogen and oxygen atoms in total. The molecule has 1 aliphatic rings. The third-order valence-electron chi connectivity index (χ3n) is 7.44. The minimum atomic E-state index is -0.905. The molecule has 0 spiro atoms. The Kier molecular flexibility index (Phi) is 8.47. The van der Waals surface area contributed by atoms with Crippen LogP contribution in [0, 0.1) is 12.7 Å². The Morgan fingerprint density at radius 1 is 1.07 bits per heavy atom. The van der Waals surface area contributed by atoms with Crippen molar-refractivity contribution in [3.63, 3.8) is 0 Å². The van der Waals surface area contributed by atoms with Gasteiger partial charge >= 0.3 is 17.9 Å². The number of aryl methyl sites for hydroxylation is 1. The van der Waals surface area contributed by atoms with Gasteiger partial charge in [0.25, 0.3) is 0 Å². The molecular weight excluding hydrogens is 567 g/mol. The van der Waals surface area contributed by atoms with Gasteiger partial charge in [-0.05, 0) is 55.3 Å². The zero-order chi connectivity index (χ0) is 31.6. The average molecular weight is 603 g/mol. The lowest BCUT2D eigenvalue weighted by Crippen LogP contribution is -2.48. The zero-order valence-corrected chi connectivity index (χ0v) is 25.3. The van der Waals surface area contributed by atoms with Gasteiger partial charge in [-0.2, -0.15) is 4.98 Å². The molecule has 44 heavy (non-hydrogen) atoms. The third-order valence-corrected chi connectivity index (χ3v) is 7.44. The molecule has 2 aromatic carbocycles. The summed E-state index contributed by atoms with van der Waals surface area (Å²) in [7, 11) is 0. The molecule has 3 heterocycles. The fraction of sp³-hybridized carbons (Fsp3) is 0.355. The van der Waals surface area contributed by atoms with Crippen molar-refractivity contribution in [1.29, 1.82) is 0 Å². The molecule has 0 saturated carbocycles. The van der Waals surface area contributed by atoms with Crippen LogP contribution in [0.25, 0.3) is 11.3 Å². The van der Waals surface area contributed by atoms with Crippen LogP contribution in [0.15, 0.2) is 53.3 Å². The molecule has 1 aliphatic heterocycles. The lowest BCUT2D eigenvalue weighted by molar-refractivity contribution is 0.0895. The van der Waals surface area contributed by atoms with Crippen molar-refractivity contribution in [2.75, 3.05) is 36.4 Å². The SMILES string of the molecule is Cc1cc(-c2cc(Nc3cccc(N4CCN(C(=O)O)CC4)c3)ncn2)c(F)cc1C(C)NC(=O)c1nc(C(C)(C)C)no1. The average Bonchev–Trinajstić information content (AvgIpc) is 3.50. The normalized spacial score (nSPS) is 14.3. The number of aromatic nitrogens is 4. The van der Waals surface area contributed by atoms with Gasteiger partial charge < -0.3 is 30.1 Å². The van der Waals surface area contributed by atoms with Gasteiger partial charge in [0, 0.05) is 54.6 Å². The van der Waals surface area contributed by atoms with Gasteiger partial charge in [-0.3, -0.25) is 4.79 Å². The number of hydrogen-bond donors (Lipinski definition) is 3. The number of halogens is 1. The van der Waals surface area contributed by atoms with Gasteiger partial charge in [-0.1, -0.05) is 32.0 Å². The quantitative estimate of drug-likeness (QED) is 0.254. The van der Waals surface area contributed by atoms with Crippen LogP contribution in [0.3, 0.4) is 0 Å². The number of carbonyl (C=O) groups is 2. The van der Waals surface area contributed by atoms with Crippen molar-refractivity contribution in [3.8, 4) is 11.3 Å². The summed E-state index contributed by atoms with van der Waals surface area (Å²) in [5.74, 6) is -0.277. The first-order valence-electron chi connectivity index (χ1n) is 14.3. The number of carbonyl (C=O) groups excluding carboxylic acids is 1. The highest BCUT2D eigenvalue weighted by atomic mass is 19.1. The number of hydrogen-bond acceptors (Lipinski definition) is 9. The number of piperazine rings is 1. The van der Waals surface area contributed by atoms with Crippen LogP contribution in [0.4, 0.5) is 26.4 Å². The van der Waals surface area contributed by atoms with Crippen molar-refractivity contribution >= 4 is 29.2 Å². The minimum absolute atomic E-state index is 0.149. The zero-order valence-electron chi connectivity index (χ0n) is 25.3. The van der Waals surface area contributed by atoms with Crippen LogP contribution in [-0.4, -0.2) is 68.3 Å². The van der Waals surface area contributed by atoms with Crippen LogP contribution in [0.1, 0.15) is 61.4 Å². The maximum atomic E-state index is 15.5. The molecule has 0 bridgehead atoms.